The van der Waals surface area contributed by atoms with Gasteiger partial charge in [-0.15, -0.1) is 0 Å². The molecule has 1 aliphatic rings. The van der Waals surface area contributed by atoms with Gasteiger partial charge in [0.2, 0.25) is 5.91 Å². The Labute approximate surface area is 182 Å². The number of piperazine rings is 1. The van der Waals surface area contributed by atoms with Crippen molar-refractivity contribution in [2.75, 3.05) is 31.6 Å². The molecule has 2 heterocycles. The maximum Gasteiger partial charge on any atom is 0.357 e. The molecule has 8 nitrogen and oxygen atoms in total. The number of hydrogen-bond donors (Lipinski definition) is 1. The van der Waals surface area contributed by atoms with Gasteiger partial charge >= 0.3 is 5.97 Å². The van der Waals surface area contributed by atoms with E-state index in [1.807, 2.05) is 19.1 Å². The van der Waals surface area contributed by atoms with Crippen molar-refractivity contribution in [3.8, 4) is 5.75 Å². The van der Waals surface area contributed by atoms with Crippen LogP contribution >= 0.6 is 27.5 Å². The summed E-state index contributed by atoms with van der Waals surface area (Å²) in [6.45, 7) is 5.61. The van der Waals surface area contributed by atoms with Crippen LogP contribution in [0.15, 0.2) is 22.7 Å². The largest absolute Gasteiger partial charge is 0.495 e. The first kappa shape index (κ1) is 21.4. The highest BCUT2D eigenvalue weighted by Crippen LogP contribution is 2.30. The van der Waals surface area contributed by atoms with Crippen molar-refractivity contribution in [2.45, 2.75) is 26.4 Å². The fourth-order valence-corrected chi connectivity index (χ4v) is 4.09. The number of carboxylic acids is 1. The van der Waals surface area contributed by atoms with Crippen molar-refractivity contribution in [3.05, 3.63) is 39.1 Å². The molecule has 0 radical (unpaired) electrons. The Kier molecular flexibility index (Phi) is 6.38. The average Bonchev–Trinajstić information content (AvgIpc) is 2.96. The molecule has 1 amide bonds. The highest BCUT2D eigenvalue weighted by Gasteiger charge is 2.29. The number of aromatic nitrogens is 2. The second-order valence-corrected chi connectivity index (χ2v) is 8.11. The first-order valence-corrected chi connectivity index (χ1v) is 10.2. The van der Waals surface area contributed by atoms with Gasteiger partial charge < -0.3 is 19.6 Å². The van der Waals surface area contributed by atoms with Crippen LogP contribution in [0.2, 0.25) is 5.02 Å². The van der Waals surface area contributed by atoms with Crippen molar-refractivity contribution < 1.29 is 19.4 Å². The number of rotatable bonds is 5. The zero-order chi connectivity index (χ0) is 21.3. The number of carbonyl (C=O) groups excluding carboxylic acids is 1. The molecule has 1 aliphatic heterocycles. The summed E-state index contributed by atoms with van der Waals surface area (Å²) in [5, 5.41) is 13.8. The van der Waals surface area contributed by atoms with E-state index in [4.69, 9.17) is 16.3 Å². The predicted molar refractivity (Wildman–Crippen MR) is 113 cm³/mol. The number of ether oxygens (including phenoxy) is 1. The summed E-state index contributed by atoms with van der Waals surface area (Å²) in [6, 6.07) is 5.62. The van der Waals surface area contributed by atoms with E-state index in [0.29, 0.717) is 40.6 Å². The minimum Gasteiger partial charge on any atom is -0.495 e. The van der Waals surface area contributed by atoms with E-state index in [0.717, 1.165) is 5.69 Å². The topological polar surface area (TPSA) is 87.9 Å². The molecule has 1 unspecified atom stereocenters. The lowest BCUT2D eigenvalue weighted by atomic mass is 10.1. The molecule has 1 aromatic heterocycles. The molecule has 156 valence electrons. The number of carboxylic acid groups (broad SMARTS) is 1. The summed E-state index contributed by atoms with van der Waals surface area (Å²) >= 11 is 9.34. The predicted octanol–water partition coefficient (Wildman–Crippen LogP) is 3.05. The summed E-state index contributed by atoms with van der Waals surface area (Å²) in [5.74, 6) is -0.614. The monoisotopic (exact) mass is 484 g/mol. The fourth-order valence-electron chi connectivity index (χ4n) is 3.44. The maximum atomic E-state index is 12.9. The van der Waals surface area contributed by atoms with Crippen LogP contribution in [0.4, 0.5) is 5.69 Å². The normalized spacial score (nSPS) is 16.8. The lowest BCUT2D eigenvalue weighted by molar-refractivity contribution is -0.134. The van der Waals surface area contributed by atoms with Crippen molar-refractivity contribution in [2.24, 2.45) is 0 Å². The molecule has 2 aromatic rings. The van der Waals surface area contributed by atoms with Crippen LogP contribution in [0, 0.1) is 6.92 Å². The fraction of sp³-hybridized carbons (Fsp3) is 0.421. The summed E-state index contributed by atoms with van der Waals surface area (Å²) in [5.41, 5.74) is 1.50. The standard InChI is InChI=1S/C19H22BrClN4O4/c1-11-9-23(13-4-5-14(21)15(8-13)29-3)6-7-24(11)16(26)10-25-12(2)17(20)18(22-25)19(27)28/h4-5,8,11H,6-7,9-10H2,1-3H3,(H,27,28). The van der Waals surface area contributed by atoms with E-state index < -0.39 is 5.97 Å². The highest BCUT2D eigenvalue weighted by atomic mass is 79.9. The van der Waals surface area contributed by atoms with Gasteiger partial charge in [-0.25, -0.2) is 4.79 Å². The molecule has 1 atom stereocenters. The minimum absolute atomic E-state index is 0.00315. The molecule has 0 spiro atoms. The molecule has 0 saturated carbocycles. The van der Waals surface area contributed by atoms with E-state index in [1.54, 1.807) is 25.0 Å². The third-order valence-electron chi connectivity index (χ3n) is 5.07. The lowest BCUT2D eigenvalue weighted by Gasteiger charge is -2.41. The van der Waals surface area contributed by atoms with Crippen LogP contribution in [0.1, 0.15) is 23.1 Å². The van der Waals surface area contributed by atoms with E-state index in [-0.39, 0.29) is 24.2 Å². The number of halogens is 2. The van der Waals surface area contributed by atoms with Crippen LogP contribution in [0.5, 0.6) is 5.75 Å². The van der Waals surface area contributed by atoms with Gasteiger partial charge in [-0.2, -0.15) is 5.10 Å². The molecule has 29 heavy (non-hydrogen) atoms. The maximum absolute atomic E-state index is 12.9. The van der Waals surface area contributed by atoms with Crippen LogP contribution in [0.25, 0.3) is 0 Å². The number of methoxy groups -OCH3 is 1. The third kappa shape index (κ3) is 4.35. The molecule has 1 fully saturated rings. The molecule has 1 saturated heterocycles. The lowest BCUT2D eigenvalue weighted by Crippen LogP contribution is -2.54. The molecule has 0 bridgehead atoms. The van der Waals surface area contributed by atoms with Crippen molar-refractivity contribution in [1.82, 2.24) is 14.7 Å². The Morgan fingerprint density at radius 2 is 2.10 bits per heavy atom. The smallest absolute Gasteiger partial charge is 0.357 e. The molecule has 0 aliphatic carbocycles. The summed E-state index contributed by atoms with van der Waals surface area (Å²) in [4.78, 5) is 28.1. The first-order valence-electron chi connectivity index (χ1n) is 9.07. The van der Waals surface area contributed by atoms with Crippen molar-refractivity contribution in [1.29, 1.82) is 0 Å². The van der Waals surface area contributed by atoms with Gasteiger partial charge in [0.05, 0.1) is 22.3 Å². The number of amides is 1. The number of carbonyl (C=O) groups is 2. The van der Waals surface area contributed by atoms with Crippen LogP contribution in [-0.2, 0) is 11.3 Å². The SMILES string of the molecule is COc1cc(N2CCN(C(=O)Cn3nc(C(=O)O)c(Br)c3C)C(C)C2)ccc1Cl. The van der Waals surface area contributed by atoms with E-state index in [9.17, 15) is 14.7 Å². The molecule has 3 rings (SSSR count). The number of aromatic carboxylic acids is 1. The van der Waals surface area contributed by atoms with Gasteiger partial charge in [0.1, 0.15) is 12.3 Å². The van der Waals surface area contributed by atoms with Gasteiger partial charge in [0.15, 0.2) is 5.69 Å². The van der Waals surface area contributed by atoms with Crippen LogP contribution in [0.3, 0.4) is 0 Å². The van der Waals surface area contributed by atoms with Gasteiger partial charge in [-0.1, -0.05) is 11.6 Å². The zero-order valence-corrected chi connectivity index (χ0v) is 18.7. The second-order valence-electron chi connectivity index (χ2n) is 6.91. The quantitative estimate of drug-likeness (QED) is 0.700. The summed E-state index contributed by atoms with van der Waals surface area (Å²) in [7, 11) is 1.58. The minimum atomic E-state index is -1.13. The number of hydrogen-bond acceptors (Lipinski definition) is 5. The Morgan fingerprint density at radius 3 is 2.69 bits per heavy atom. The van der Waals surface area contributed by atoms with Gasteiger partial charge in [-0.3, -0.25) is 9.48 Å². The zero-order valence-electron chi connectivity index (χ0n) is 16.4. The van der Waals surface area contributed by atoms with E-state index in [1.165, 1.54) is 4.68 Å². The number of anilines is 1. The molecule has 1 N–H and O–H groups in total. The average molecular weight is 486 g/mol. The Hall–Kier alpha value is -2.26. The molecular weight excluding hydrogens is 464 g/mol. The molecule has 1 aromatic carbocycles. The van der Waals surface area contributed by atoms with Gasteiger partial charge in [0.25, 0.3) is 0 Å². The molecule has 10 heteroatoms. The van der Waals surface area contributed by atoms with Gasteiger partial charge in [-0.05, 0) is 41.9 Å². The number of nitrogens with zero attached hydrogens (tertiary/aromatic N) is 4. The van der Waals surface area contributed by atoms with Gasteiger partial charge in [0, 0.05) is 37.4 Å². The Bertz CT molecular complexity index is 949. The van der Waals surface area contributed by atoms with Crippen molar-refractivity contribution >= 4 is 45.1 Å². The highest BCUT2D eigenvalue weighted by molar-refractivity contribution is 9.10. The van der Waals surface area contributed by atoms with Crippen LogP contribution in [-0.4, -0.2) is 64.4 Å². The first-order chi connectivity index (χ1) is 13.7. The van der Waals surface area contributed by atoms with E-state index >= 15 is 0 Å². The number of benzene rings is 1. The van der Waals surface area contributed by atoms with E-state index in [2.05, 4.69) is 25.9 Å². The Balaban J connectivity index is 1.69. The van der Waals surface area contributed by atoms with Crippen molar-refractivity contribution in [3.63, 3.8) is 0 Å². The van der Waals surface area contributed by atoms with Crippen LogP contribution < -0.4 is 9.64 Å². The molecular formula is C19H22BrClN4O4. The Morgan fingerprint density at radius 1 is 1.38 bits per heavy atom. The summed E-state index contributed by atoms with van der Waals surface area (Å²) in [6.07, 6.45) is 0. The summed E-state index contributed by atoms with van der Waals surface area (Å²) < 4.78 is 7.12. The third-order valence-corrected chi connectivity index (χ3v) is 6.33. The second kappa shape index (κ2) is 8.62.